The minimum absolute atomic E-state index is 0.192. The van der Waals surface area contributed by atoms with Gasteiger partial charge in [0.15, 0.2) is 5.72 Å². The van der Waals surface area contributed by atoms with Crippen molar-refractivity contribution in [2.75, 3.05) is 4.90 Å². The number of carbonyl (C=O) groups excluding carboxylic acids is 1. The van der Waals surface area contributed by atoms with Gasteiger partial charge in [0.2, 0.25) is 0 Å². The van der Waals surface area contributed by atoms with Crippen molar-refractivity contribution in [3.05, 3.63) is 101 Å². The molecular weight excluding hydrogens is 298 g/mol. The highest BCUT2D eigenvalue weighted by Crippen LogP contribution is 2.44. The summed E-state index contributed by atoms with van der Waals surface area (Å²) in [6, 6.07) is 24.2. The molecule has 0 radical (unpaired) electrons. The van der Waals surface area contributed by atoms with Crippen molar-refractivity contribution in [1.82, 2.24) is 0 Å². The highest BCUT2D eigenvalue weighted by molar-refractivity contribution is 6.12. The lowest BCUT2D eigenvalue weighted by Gasteiger charge is -2.35. The molecule has 0 bridgehead atoms. The van der Waals surface area contributed by atoms with Crippen LogP contribution in [-0.2, 0) is 5.72 Å². The Morgan fingerprint density at radius 1 is 0.875 bits per heavy atom. The first kappa shape index (κ1) is 14.7. The summed E-state index contributed by atoms with van der Waals surface area (Å²) in [6.45, 7) is 1.97. The fourth-order valence-corrected chi connectivity index (χ4v) is 3.39. The van der Waals surface area contributed by atoms with Crippen molar-refractivity contribution < 1.29 is 9.90 Å². The van der Waals surface area contributed by atoms with Gasteiger partial charge in [-0.25, -0.2) is 0 Å². The first-order chi connectivity index (χ1) is 11.6. The molecule has 3 nitrogen and oxygen atoms in total. The Kier molecular flexibility index (Phi) is 3.25. The Bertz CT molecular complexity index is 920. The molecule has 0 spiro atoms. The van der Waals surface area contributed by atoms with Crippen LogP contribution in [-0.4, -0.2) is 11.0 Å². The van der Waals surface area contributed by atoms with Gasteiger partial charge in [-0.15, -0.1) is 0 Å². The molecule has 3 aromatic carbocycles. The molecule has 1 aliphatic heterocycles. The molecule has 1 aliphatic rings. The monoisotopic (exact) mass is 315 g/mol. The van der Waals surface area contributed by atoms with Crippen molar-refractivity contribution in [3.8, 4) is 0 Å². The van der Waals surface area contributed by atoms with Gasteiger partial charge in [0, 0.05) is 22.4 Å². The second kappa shape index (κ2) is 5.32. The molecular formula is C21H17NO2. The fraction of sp³-hybridized carbons (Fsp3) is 0.0952. The van der Waals surface area contributed by atoms with E-state index in [1.807, 2.05) is 79.7 Å². The first-order valence-corrected chi connectivity index (χ1v) is 7.91. The SMILES string of the molecule is Cc1cccc(N2C(=O)c3ccccc3C2(O)c2ccccc2)c1. The van der Waals surface area contributed by atoms with Gasteiger partial charge in [-0.2, -0.15) is 0 Å². The van der Waals surface area contributed by atoms with Crippen molar-refractivity contribution in [3.63, 3.8) is 0 Å². The van der Waals surface area contributed by atoms with Gasteiger partial charge >= 0.3 is 0 Å². The Balaban J connectivity index is 2.00. The van der Waals surface area contributed by atoms with Crippen LogP contribution in [0.15, 0.2) is 78.9 Å². The molecule has 1 unspecified atom stereocenters. The summed E-state index contributed by atoms with van der Waals surface area (Å²) < 4.78 is 0. The predicted molar refractivity (Wildman–Crippen MR) is 93.9 cm³/mol. The number of benzene rings is 3. The topological polar surface area (TPSA) is 40.5 Å². The molecule has 1 amide bonds. The van der Waals surface area contributed by atoms with Crippen molar-refractivity contribution >= 4 is 11.6 Å². The van der Waals surface area contributed by atoms with Crippen LogP contribution >= 0.6 is 0 Å². The summed E-state index contributed by atoms with van der Waals surface area (Å²) in [5, 5.41) is 11.7. The molecule has 0 aromatic heterocycles. The average molecular weight is 315 g/mol. The number of hydrogen-bond donors (Lipinski definition) is 1. The van der Waals surface area contributed by atoms with E-state index in [4.69, 9.17) is 0 Å². The van der Waals surface area contributed by atoms with Gasteiger partial charge in [0.1, 0.15) is 0 Å². The van der Waals surface area contributed by atoms with Crippen LogP contribution < -0.4 is 4.90 Å². The van der Waals surface area contributed by atoms with Crippen LogP contribution in [0.4, 0.5) is 5.69 Å². The zero-order valence-corrected chi connectivity index (χ0v) is 13.3. The van der Waals surface area contributed by atoms with Crippen molar-refractivity contribution in [1.29, 1.82) is 0 Å². The Hall–Kier alpha value is -2.91. The van der Waals surface area contributed by atoms with E-state index >= 15 is 0 Å². The Morgan fingerprint density at radius 3 is 2.33 bits per heavy atom. The van der Waals surface area contributed by atoms with Crippen molar-refractivity contribution in [2.24, 2.45) is 0 Å². The van der Waals surface area contributed by atoms with Gasteiger partial charge < -0.3 is 5.11 Å². The molecule has 0 fully saturated rings. The molecule has 1 N–H and O–H groups in total. The Labute approximate surface area is 140 Å². The van der Waals surface area contributed by atoms with Gasteiger partial charge in [0.25, 0.3) is 5.91 Å². The fourth-order valence-electron chi connectivity index (χ4n) is 3.39. The quantitative estimate of drug-likeness (QED) is 0.780. The minimum Gasteiger partial charge on any atom is -0.363 e. The largest absolute Gasteiger partial charge is 0.363 e. The number of fused-ring (bicyclic) bond motifs is 1. The second-order valence-corrected chi connectivity index (χ2v) is 6.06. The molecule has 0 saturated carbocycles. The first-order valence-electron chi connectivity index (χ1n) is 7.91. The minimum atomic E-state index is -1.51. The number of carbonyl (C=O) groups is 1. The maximum Gasteiger partial charge on any atom is 0.261 e. The van der Waals surface area contributed by atoms with Gasteiger partial charge in [-0.3, -0.25) is 9.69 Å². The third kappa shape index (κ3) is 1.99. The zero-order valence-electron chi connectivity index (χ0n) is 13.3. The van der Waals surface area contributed by atoms with Gasteiger partial charge in [-0.05, 0) is 30.7 Å². The summed E-state index contributed by atoms with van der Waals surface area (Å²) in [5.74, 6) is -0.192. The third-order valence-corrected chi connectivity index (χ3v) is 4.50. The molecule has 1 atom stereocenters. The molecule has 24 heavy (non-hydrogen) atoms. The lowest BCUT2D eigenvalue weighted by molar-refractivity contribution is 0.0703. The molecule has 0 saturated heterocycles. The third-order valence-electron chi connectivity index (χ3n) is 4.50. The number of nitrogens with zero attached hydrogens (tertiary/aromatic N) is 1. The van der Waals surface area contributed by atoms with Crippen LogP contribution in [0, 0.1) is 6.92 Å². The second-order valence-electron chi connectivity index (χ2n) is 6.06. The normalized spacial score (nSPS) is 19.4. The summed E-state index contributed by atoms with van der Waals surface area (Å²) in [7, 11) is 0. The number of hydrogen-bond acceptors (Lipinski definition) is 2. The highest BCUT2D eigenvalue weighted by Gasteiger charge is 2.50. The van der Waals surface area contributed by atoms with Crippen LogP contribution in [0.5, 0.6) is 0 Å². The molecule has 3 heteroatoms. The lowest BCUT2D eigenvalue weighted by Crippen LogP contribution is -2.45. The summed E-state index contributed by atoms with van der Waals surface area (Å²) in [4.78, 5) is 14.5. The highest BCUT2D eigenvalue weighted by atomic mass is 16.3. The molecule has 1 heterocycles. The van der Waals surface area contributed by atoms with Gasteiger partial charge in [0.05, 0.1) is 0 Å². The maximum absolute atomic E-state index is 13.1. The number of amides is 1. The van der Waals surface area contributed by atoms with Crippen LogP contribution in [0.1, 0.15) is 27.0 Å². The zero-order chi connectivity index (χ0) is 16.7. The summed E-state index contributed by atoms with van der Waals surface area (Å²) in [6.07, 6.45) is 0. The van der Waals surface area contributed by atoms with Crippen LogP contribution in [0.25, 0.3) is 0 Å². The van der Waals surface area contributed by atoms with E-state index < -0.39 is 5.72 Å². The van der Waals surface area contributed by atoms with E-state index in [1.165, 1.54) is 4.90 Å². The van der Waals surface area contributed by atoms with E-state index in [2.05, 4.69) is 0 Å². The smallest absolute Gasteiger partial charge is 0.261 e. The van der Waals surface area contributed by atoms with E-state index in [9.17, 15) is 9.90 Å². The number of aryl methyl sites for hydroxylation is 1. The molecule has 3 aromatic rings. The Morgan fingerprint density at radius 2 is 1.58 bits per heavy atom. The lowest BCUT2D eigenvalue weighted by atomic mass is 9.93. The number of rotatable bonds is 2. The predicted octanol–water partition coefficient (Wildman–Crippen LogP) is 3.85. The molecule has 4 rings (SSSR count). The number of anilines is 1. The van der Waals surface area contributed by atoms with Gasteiger partial charge in [-0.1, -0.05) is 60.7 Å². The summed E-state index contributed by atoms with van der Waals surface area (Å²) in [5.41, 5.74) is 2.02. The van der Waals surface area contributed by atoms with E-state index in [0.29, 0.717) is 22.4 Å². The van der Waals surface area contributed by atoms with E-state index in [0.717, 1.165) is 5.56 Å². The maximum atomic E-state index is 13.1. The summed E-state index contributed by atoms with van der Waals surface area (Å²) >= 11 is 0. The van der Waals surface area contributed by atoms with Crippen LogP contribution in [0.3, 0.4) is 0 Å². The number of aliphatic hydroxyl groups is 1. The van der Waals surface area contributed by atoms with Crippen LogP contribution in [0.2, 0.25) is 0 Å². The molecule has 0 aliphatic carbocycles. The standard InChI is InChI=1S/C21H17NO2/c1-15-8-7-11-17(14-15)22-20(23)18-12-5-6-13-19(18)21(22,24)16-9-3-2-4-10-16/h2-14,24H,1H3. The van der Waals surface area contributed by atoms with E-state index in [1.54, 1.807) is 6.07 Å². The average Bonchev–Trinajstić information content (AvgIpc) is 2.85. The molecule has 118 valence electrons. The van der Waals surface area contributed by atoms with Crippen molar-refractivity contribution in [2.45, 2.75) is 12.6 Å². The van der Waals surface area contributed by atoms with E-state index in [-0.39, 0.29) is 5.91 Å².